The fourth-order valence-electron chi connectivity index (χ4n) is 1.88. The first-order valence-electron chi connectivity index (χ1n) is 6.57. The zero-order chi connectivity index (χ0) is 14.1. The van der Waals surface area contributed by atoms with Crippen LogP contribution in [-0.2, 0) is 16.0 Å². The maximum absolute atomic E-state index is 11.2. The maximum atomic E-state index is 11.2. The van der Waals surface area contributed by atoms with Crippen molar-refractivity contribution in [2.75, 3.05) is 20.8 Å². The van der Waals surface area contributed by atoms with Gasteiger partial charge in [-0.3, -0.25) is 4.79 Å². The lowest BCUT2D eigenvalue weighted by Crippen LogP contribution is -2.03. The summed E-state index contributed by atoms with van der Waals surface area (Å²) >= 11 is 0. The summed E-state index contributed by atoms with van der Waals surface area (Å²) in [6.45, 7) is 2.27. The lowest BCUT2D eigenvalue weighted by atomic mass is 10.1. The Morgan fingerprint density at radius 3 is 2.58 bits per heavy atom. The molecule has 0 radical (unpaired) electrons. The first-order valence-corrected chi connectivity index (χ1v) is 6.57. The van der Waals surface area contributed by atoms with Crippen LogP contribution in [-0.4, -0.2) is 26.8 Å². The van der Waals surface area contributed by atoms with Gasteiger partial charge in [0, 0.05) is 12.5 Å². The number of rotatable bonds is 8. The summed E-state index contributed by atoms with van der Waals surface area (Å²) in [6, 6.07) is 5.80. The Morgan fingerprint density at radius 1 is 1.16 bits per heavy atom. The fraction of sp³-hybridized carbons (Fsp3) is 0.533. The van der Waals surface area contributed by atoms with Crippen molar-refractivity contribution < 1.29 is 19.0 Å². The molecule has 0 heterocycles. The molecule has 0 aliphatic carbocycles. The number of esters is 1. The molecule has 1 rings (SSSR count). The molecule has 0 spiro atoms. The Balaban J connectivity index is 2.42. The number of unbranched alkanes of at least 4 members (excludes halogenated alkanes) is 1. The summed E-state index contributed by atoms with van der Waals surface area (Å²) in [5, 5.41) is 0. The van der Waals surface area contributed by atoms with Crippen LogP contribution in [0.25, 0.3) is 0 Å². The van der Waals surface area contributed by atoms with Crippen molar-refractivity contribution in [1.29, 1.82) is 0 Å². The molecule has 0 saturated carbocycles. The molecule has 0 unspecified atom stereocenters. The quantitative estimate of drug-likeness (QED) is 0.536. The number of benzene rings is 1. The molecule has 106 valence electrons. The van der Waals surface area contributed by atoms with Gasteiger partial charge in [0.2, 0.25) is 0 Å². The van der Waals surface area contributed by atoms with E-state index >= 15 is 0 Å². The van der Waals surface area contributed by atoms with E-state index in [-0.39, 0.29) is 5.97 Å². The van der Waals surface area contributed by atoms with Crippen LogP contribution in [0, 0.1) is 0 Å². The van der Waals surface area contributed by atoms with E-state index in [0.29, 0.717) is 13.0 Å². The molecule has 0 aliphatic rings. The van der Waals surface area contributed by atoms with E-state index in [4.69, 9.17) is 14.2 Å². The number of carbonyl (C=O) groups is 1. The number of aryl methyl sites for hydroxylation is 1. The molecular formula is C15H22O4. The van der Waals surface area contributed by atoms with Crippen molar-refractivity contribution in [2.45, 2.75) is 32.6 Å². The van der Waals surface area contributed by atoms with Gasteiger partial charge in [0.25, 0.3) is 0 Å². The first-order chi connectivity index (χ1) is 9.21. The van der Waals surface area contributed by atoms with E-state index in [1.54, 1.807) is 14.2 Å². The van der Waals surface area contributed by atoms with Gasteiger partial charge < -0.3 is 14.2 Å². The Bertz CT molecular complexity index is 401. The summed E-state index contributed by atoms with van der Waals surface area (Å²) in [4.78, 5) is 11.2. The summed E-state index contributed by atoms with van der Waals surface area (Å²) in [6.07, 6.45) is 3.12. The highest BCUT2D eigenvalue weighted by molar-refractivity contribution is 5.69. The van der Waals surface area contributed by atoms with Crippen LogP contribution in [0.5, 0.6) is 11.5 Å². The zero-order valence-corrected chi connectivity index (χ0v) is 11.9. The van der Waals surface area contributed by atoms with Crippen LogP contribution in [0.15, 0.2) is 18.2 Å². The van der Waals surface area contributed by atoms with E-state index < -0.39 is 0 Å². The molecule has 19 heavy (non-hydrogen) atoms. The van der Waals surface area contributed by atoms with Gasteiger partial charge in [0.05, 0.1) is 20.8 Å². The second-order valence-corrected chi connectivity index (χ2v) is 4.19. The summed E-state index contributed by atoms with van der Waals surface area (Å²) < 4.78 is 15.4. The molecule has 1 aromatic rings. The van der Waals surface area contributed by atoms with Gasteiger partial charge in [-0.25, -0.2) is 0 Å². The normalized spacial score (nSPS) is 10.1. The summed E-state index contributed by atoms with van der Waals surface area (Å²) in [5.74, 6) is 1.49. The molecule has 0 N–H and O–H groups in total. The number of hydrogen-bond donors (Lipinski definition) is 0. The number of ether oxygens (including phenoxy) is 3. The van der Waals surface area contributed by atoms with E-state index in [1.165, 1.54) is 0 Å². The van der Waals surface area contributed by atoms with Crippen molar-refractivity contribution in [1.82, 2.24) is 0 Å². The maximum Gasteiger partial charge on any atom is 0.305 e. The third-order valence-electron chi connectivity index (χ3n) is 2.88. The van der Waals surface area contributed by atoms with Crippen molar-refractivity contribution in [3.63, 3.8) is 0 Å². The average molecular weight is 266 g/mol. The lowest BCUT2D eigenvalue weighted by Gasteiger charge is -2.10. The third-order valence-corrected chi connectivity index (χ3v) is 2.88. The monoisotopic (exact) mass is 266 g/mol. The highest BCUT2D eigenvalue weighted by Gasteiger charge is 2.06. The van der Waals surface area contributed by atoms with Gasteiger partial charge in [0.1, 0.15) is 11.5 Å². The minimum absolute atomic E-state index is 0.121. The molecule has 1 aromatic carbocycles. The SMILES string of the molecule is CCOC(=O)CCCCc1ccc(OC)cc1OC. The zero-order valence-electron chi connectivity index (χ0n) is 11.9. The van der Waals surface area contributed by atoms with Crippen LogP contribution in [0.3, 0.4) is 0 Å². The summed E-state index contributed by atoms with van der Waals surface area (Å²) in [5.41, 5.74) is 1.13. The van der Waals surface area contributed by atoms with Crippen LogP contribution in [0.4, 0.5) is 0 Å². The van der Waals surface area contributed by atoms with Gasteiger partial charge in [-0.2, -0.15) is 0 Å². The lowest BCUT2D eigenvalue weighted by molar-refractivity contribution is -0.143. The fourth-order valence-corrected chi connectivity index (χ4v) is 1.88. The van der Waals surface area contributed by atoms with E-state index in [2.05, 4.69) is 0 Å². The molecule has 0 saturated heterocycles. The van der Waals surface area contributed by atoms with Crippen LogP contribution >= 0.6 is 0 Å². The Kier molecular flexibility index (Phi) is 6.79. The Morgan fingerprint density at radius 2 is 1.95 bits per heavy atom. The van der Waals surface area contributed by atoms with Crippen LogP contribution in [0.1, 0.15) is 31.7 Å². The standard InChI is InChI=1S/C15H22O4/c1-4-19-15(16)8-6-5-7-12-9-10-13(17-2)11-14(12)18-3/h9-11H,4-8H2,1-3H3. The van der Waals surface area contributed by atoms with Crippen LogP contribution < -0.4 is 9.47 Å². The molecule has 4 nitrogen and oxygen atoms in total. The molecule has 0 atom stereocenters. The summed E-state index contributed by atoms with van der Waals surface area (Å²) in [7, 11) is 3.28. The molecule has 0 amide bonds. The number of hydrogen-bond acceptors (Lipinski definition) is 4. The van der Waals surface area contributed by atoms with Gasteiger partial charge in [-0.15, -0.1) is 0 Å². The van der Waals surface area contributed by atoms with E-state index in [1.807, 2.05) is 25.1 Å². The van der Waals surface area contributed by atoms with Crippen LogP contribution in [0.2, 0.25) is 0 Å². The number of methoxy groups -OCH3 is 2. The second kappa shape index (κ2) is 8.40. The predicted octanol–water partition coefficient (Wildman–Crippen LogP) is 2.98. The average Bonchev–Trinajstić information content (AvgIpc) is 2.44. The third kappa shape index (κ3) is 5.20. The minimum Gasteiger partial charge on any atom is -0.497 e. The minimum atomic E-state index is -0.121. The van der Waals surface area contributed by atoms with Crippen molar-refractivity contribution in [3.8, 4) is 11.5 Å². The highest BCUT2D eigenvalue weighted by atomic mass is 16.5. The second-order valence-electron chi connectivity index (χ2n) is 4.19. The molecular weight excluding hydrogens is 244 g/mol. The Hall–Kier alpha value is -1.71. The van der Waals surface area contributed by atoms with Crippen molar-refractivity contribution >= 4 is 5.97 Å². The largest absolute Gasteiger partial charge is 0.497 e. The molecule has 0 fully saturated rings. The molecule has 0 aliphatic heterocycles. The van der Waals surface area contributed by atoms with E-state index in [9.17, 15) is 4.79 Å². The topological polar surface area (TPSA) is 44.8 Å². The van der Waals surface area contributed by atoms with Gasteiger partial charge in [0.15, 0.2) is 0 Å². The highest BCUT2D eigenvalue weighted by Crippen LogP contribution is 2.25. The van der Waals surface area contributed by atoms with Crippen molar-refractivity contribution in [3.05, 3.63) is 23.8 Å². The predicted molar refractivity (Wildman–Crippen MR) is 73.7 cm³/mol. The van der Waals surface area contributed by atoms with Crippen molar-refractivity contribution in [2.24, 2.45) is 0 Å². The molecule has 0 aromatic heterocycles. The first kappa shape index (κ1) is 15.3. The van der Waals surface area contributed by atoms with E-state index in [0.717, 1.165) is 36.3 Å². The van der Waals surface area contributed by atoms with Gasteiger partial charge in [-0.1, -0.05) is 6.07 Å². The molecule has 4 heteroatoms. The number of carbonyl (C=O) groups excluding carboxylic acids is 1. The van der Waals surface area contributed by atoms with Gasteiger partial charge >= 0.3 is 5.97 Å². The molecule has 0 bridgehead atoms. The van der Waals surface area contributed by atoms with Gasteiger partial charge in [-0.05, 0) is 37.8 Å². The Labute approximate surface area is 114 Å². The smallest absolute Gasteiger partial charge is 0.305 e.